The van der Waals surface area contributed by atoms with Crippen molar-refractivity contribution in [2.24, 2.45) is 0 Å². The summed E-state index contributed by atoms with van der Waals surface area (Å²) >= 11 is 0. The van der Waals surface area contributed by atoms with Gasteiger partial charge in [-0.2, -0.15) is 5.26 Å². The maximum absolute atomic E-state index is 11.8. The number of nitrogens with one attached hydrogen (secondary N) is 2. The van der Waals surface area contributed by atoms with Crippen molar-refractivity contribution in [3.63, 3.8) is 0 Å². The second kappa shape index (κ2) is 7.62. The van der Waals surface area contributed by atoms with Crippen LogP contribution in [-0.2, 0) is 0 Å². The van der Waals surface area contributed by atoms with Gasteiger partial charge in [0.25, 0.3) is 11.8 Å². The van der Waals surface area contributed by atoms with Gasteiger partial charge in [0.2, 0.25) is 0 Å². The average Bonchev–Trinajstić information content (AvgIpc) is 2.53. The molecule has 2 N–H and O–H groups in total. The molecule has 0 radical (unpaired) electrons. The molecule has 0 aliphatic carbocycles. The minimum atomic E-state index is -0.461. The zero-order valence-corrected chi connectivity index (χ0v) is 11.6. The summed E-state index contributed by atoms with van der Waals surface area (Å²) in [5.41, 5.74) is 5.78. The minimum Gasteiger partial charge on any atom is -0.267 e. The quantitative estimate of drug-likeness (QED) is 0.821. The first kappa shape index (κ1) is 16.1. The molecular formula is C14H11ClN4O2. The first-order chi connectivity index (χ1) is 9.70. The van der Waals surface area contributed by atoms with Gasteiger partial charge >= 0.3 is 0 Å². The lowest BCUT2D eigenvalue weighted by Crippen LogP contribution is -2.41. The van der Waals surface area contributed by atoms with E-state index in [2.05, 4.69) is 15.8 Å². The maximum atomic E-state index is 11.8. The molecule has 0 atom stereocenters. The molecule has 0 unspecified atom stereocenters. The number of pyridine rings is 1. The molecular weight excluding hydrogens is 292 g/mol. The molecule has 0 fully saturated rings. The largest absolute Gasteiger partial charge is 0.269 e. The minimum absolute atomic E-state index is 0. The van der Waals surface area contributed by atoms with E-state index < -0.39 is 11.8 Å². The Morgan fingerprint density at radius 2 is 1.38 bits per heavy atom. The van der Waals surface area contributed by atoms with Gasteiger partial charge < -0.3 is 0 Å². The van der Waals surface area contributed by atoms with Crippen molar-refractivity contribution in [1.82, 2.24) is 15.8 Å². The molecule has 106 valence electrons. The van der Waals surface area contributed by atoms with Crippen molar-refractivity contribution in [3.8, 4) is 6.07 Å². The monoisotopic (exact) mass is 302 g/mol. The Hall–Kier alpha value is -2.91. The van der Waals surface area contributed by atoms with Crippen molar-refractivity contribution in [3.05, 3.63) is 65.5 Å². The molecule has 0 saturated carbocycles. The van der Waals surface area contributed by atoms with Gasteiger partial charge in [-0.25, -0.2) is 0 Å². The van der Waals surface area contributed by atoms with Crippen molar-refractivity contribution < 1.29 is 9.59 Å². The van der Waals surface area contributed by atoms with Gasteiger partial charge in [-0.05, 0) is 36.4 Å². The van der Waals surface area contributed by atoms with E-state index in [9.17, 15) is 9.59 Å². The standard InChI is InChI=1S/C14H10N4O2.ClH/c15-9-10-1-3-11(4-2-10)13(19)17-18-14(20)12-5-7-16-8-6-12;/h1-8H,(H,17,19)(H,18,20);1H. The van der Waals surface area contributed by atoms with E-state index in [4.69, 9.17) is 5.26 Å². The number of carbonyl (C=O) groups is 2. The average molecular weight is 303 g/mol. The molecule has 1 heterocycles. The van der Waals surface area contributed by atoms with Crippen LogP contribution in [-0.4, -0.2) is 16.8 Å². The zero-order chi connectivity index (χ0) is 14.4. The Labute approximate surface area is 127 Å². The Morgan fingerprint density at radius 1 is 0.905 bits per heavy atom. The molecule has 21 heavy (non-hydrogen) atoms. The number of aromatic nitrogens is 1. The number of rotatable bonds is 2. The van der Waals surface area contributed by atoms with Crippen LogP contribution in [0.25, 0.3) is 0 Å². The fourth-order valence-corrected chi connectivity index (χ4v) is 1.46. The van der Waals surface area contributed by atoms with Crippen LogP contribution in [0.1, 0.15) is 26.3 Å². The van der Waals surface area contributed by atoms with E-state index in [1.807, 2.05) is 6.07 Å². The van der Waals surface area contributed by atoms with Crippen LogP contribution in [0.5, 0.6) is 0 Å². The third-order valence-electron chi connectivity index (χ3n) is 2.51. The van der Waals surface area contributed by atoms with E-state index in [-0.39, 0.29) is 12.4 Å². The summed E-state index contributed by atoms with van der Waals surface area (Å²) in [6, 6.07) is 11.1. The van der Waals surface area contributed by atoms with Gasteiger partial charge in [0.1, 0.15) is 0 Å². The van der Waals surface area contributed by atoms with Crippen LogP contribution in [0.4, 0.5) is 0 Å². The molecule has 6 nitrogen and oxygen atoms in total. The normalized spacial score (nSPS) is 8.90. The molecule has 1 aromatic heterocycles. The SMILES string of the molecule is Cl.N#Cc1ccc(C(=O)NNC(=O)c2ccncc2)cc1. The smallest absolute Gasteiger partial charge is 0.267 e. The fraction of sp³-hybridized carbons (Fsp3) is 0. The molecule has 2 rings (SSSR count). The third-order valence-corrected chi connectivity index (χ3v) is 2.51. The molecule has 2 aromatic rings. The predicted molar refractivity (Wildman–Crippen MR) is 77.6 cm³/mol. The summed E-state index contributed by atoms with van der Waals surface area (Å²) in [7, 11) is 0. The van der Waals surface area contributed by atoms with Crippen molar-refractivity contribution in [2.45, 2.75) is 0 Å². The van der Waals surface area contributed by atoms with Crippen LogP contribution in [0.3, 0.4) is 0 Å². The van der Waals surface area contributed by atoms with Crippen molar-refractivity contribution in [2.75, 3.05) is 0 Å². The van der Waals surface area contributed by atoms with E-state index in [0.29, 0.717) is 16.7 Å². The van der Waals surface area contributed by atoms with Crippen LogP contribution < -0.4 is 10.9 Å². The summed E-state index contributed by atoms with van der Waals surface area (Å²) in [6.45, 7) is 0. The number of benzene rings is 1. The second-order valence-electron chi connectivity index (χ2n) is 3.83. The highest BCUT2D eigenvalue weighted by atomic mass is 35.5. The van der Waals surface area contributed by atoms with Gasteiger partial charge in [-0.1, -0.05) is 0 Å². The lowest BCUT2D eigenvalue weighted by molar-refractivity contribution is 0.0846. The number of carbonyl (C=O) groups excluding carboxylic acids is 2. The lowest BCUT2D eigenvalue weighted by atomic mass is 10.1. The van der Waals surface area contributed by atoms with Gasteiger partial charge in [0.15, 0.2) is 0 Å². The highest BCUT2D eigenvalue weighted by Crippen LogP contribution is 2.02. The van der Waals surface area contributed by atoms with Crippen LogP contribution in [0.15, 0.2) is 48.8 Å². The first-order valence-electron chi connectivity index (χ1n) is 5.71. The number of amides is 2. The molecule has 2 amide bonds. The number of hydrogen-bond donors (Lipinski definition) is 2. The number of nitriles is 1. The van der Waals surface area contributed by atoms with Gasteiger partial charge in [0.05, 0.1) is 11.6 Å². The van der Waals surface area contributed by atoms with Gasteiger partial charge in [0, 0.05) is 23.5 Å². The van der Waals surface area contributed by atoms with Gasteiger partial charge in [-0.15, -0.1) is 12.4 Å². The zero-order valence-electron chi connectivity index (χ0n) is 10.7. The van der Waals surface area contributed by atoms with Crippen LogP contribution in [0, 0.1) is 11.3 Å². The summed E-state index contributed by atoms with van der Waals surface area (Å²) in [5, 5.41) is 8.66. The molecule has 0 spiro atoms. The Bertz CT molecular complexity index is 666. The molecule has 7 heteroatoms. The topological polar surface area (TPSA) is 94.9 Å². The lowest BCUT2D eigenvalue weighted by Gasteiger charge is -2.07. The number of hydrazine groups is 1. The summed E-state index contributed by atoms with van der Waals surface area (Å²) in [6.07, 6.45) is 2.97. The van der Waals surface area contributed by atoms with Crippen LogP contribution >= 0.6 is 12.4 Å². The molecule has 1 aromatic carbocycles. The Morgan fingerprint density at radius 3 is 1.86 bits per heavy atom. The summed E-state index contributed by atoms with van der Waals surface area (Å²) in [4.78, 5) is 27.2. The van der Waals surface area contributed by atoms with Gasteiger partial charge in [-0.3, -0.25) is 25.4 Å². The Kier molecular flexibility index (Phi) is 5.86. The predicted octanol–water partition coefficient (Wildman–Crippen LogP) is 1.45. The fourth-order valence-electron chi connectivity index (χ4n) is 1.46. The maximum Gasteiger partial charge on any atom is 0.269 e. The first-order valence-corrected chi connectivity index (χ1v) is 5.71. The van der Waals surface area contributed by atoms with Crippen molar-refractivity contribution in [1.29, 1.82) is 5.26 Å². The summed E-state index contributed by atoms with van der Waals surface area (Å²) in [5.74, 6) is -0.897. The molecule has 0 saturated heterocycles. The van der Waals surface area contributed by atoms with E-state index in [1.165, 1.54) is 48.8 Å². The molecule has 0 aliphatic rings. The van der Waals surface area contributed by atoms with E-state index in [0.717, 1.165) is 0 Å². The number of halogens is 1. The second-order valence-corrected chi connectivity index (χ2v) is 3.83. The number of nitrogens with zero attached hydrogens (tertiary/aromatic N) is 2. The number of hydrogen-bond acceptors (Lipinski definition) is 4. The molecule has 0 aliphatic heterocycles. The highest BCUT2D eigenvalue weighted by molar-refractivity contribution is 5.98. The highest BCUT2D eigenvalue weighted by Gasteiger charge is 2.08. The van der Waals surface area contributed by atoms with E-state index >= 15 is 0 Å². The van der Waals surface area contributed by atoms with Crippen molar-refractivity contribution >= 4 is 24.2 Å². The van der Waals surface area contributed by atoms with Crippen LogP contribution in [0.2, 0.25) is 0 Å². The Balaban J connectivity index is 0.00000220. The molecule has 0 bridgehead atoms. The third kappa shape index (κ3) is 4.30. The summed E-state index contributed by atoms with van der Waals surface area (Å²) < 4.78 is 0. The van der Waals surface area contributed by atoms with E-state index in [1.54, 1.807) is 0 Å².